The fraction of sp³-hybridized carbons (Fsp3) is 0.389. The Hall–Kier alpha value is -1.87. The van der Waals surface area contributed by atoms with Gasteiger partial charge in [-0.25, -0.2) is 4.98 Å². The van der Waals surface area contributed by atoms with Crippen LogP contribution in [0.4, 0.5) is 11.5 Å². The summed E-state index contributed by atoms with van der Waals surface area (Å²) in [5, 5.41) is 3.19. The minimum absolute atomic E-state index is 0.652. The van der Waals surface area contributed by atoms with Gasteiger partial charge in [-0.15, -0.1) is 0 Å². The SMILES string of the molecule is CNCc1ccc(N2CC(C)Cc3ccccc32)nc1C. The Morgan fingerprint density at radius 2 is 2.05 bits per heavy atom. The average Bonchev–Trinajstić information content (AvgIpc) is 2.48. The standard InChI is InChI=1S/C18H23N3/c1-13-10-15-6-4-5-7-17(15)21(12-13)18-9-8-16(11-19-3)14(2)20-18/h4-9,13,19H,10-12H2,1-3H3. The lowest BCUT2D eigenvalue weighted by molar-refractivity contribution is 0.560. The summed E-state index contributed by atoms with van der Waals surface area (Å²) in [6.07, 6.45) is 1.16. The Kier molecular flexibility index (Phi) is 3.93. The number of nitrogens with zero attached hydrogens (tertiary/aromatic N) is 2. The molecular weight excluding hydrogens is 258 g/mol. The van der Waals surface area contributed by atoms with Gasteiger partial charge in [0.1, 0.15) is 5.82 Å². The molecule has 2 heterocycles. The molecule has 0 fully saturated rings. The van der Waals surface area contributed by atoms with Crippen molar-refractivity contribution in [1.29, 1.82) is 0 Å². The van der Waals surface area contributed by atoms with Crippen LogP contribution in [0.1, 0.15) is 23.7 Å². The Balaban J connectivity index is 1.99. The highest BCUT2D eigenvalue weighted by molar-refractivity contribution is 5.65. The van der Waals surface area contributed by atoms with E-state index in [9.17, 15) is 0 Å². The number of aryl methyl sites for hydroxylation is 1. The van der Waals surface area contributed by atoms with Crippen molar-refractivity contribution in [1.82, 2.24) is 10.3 Å². The van der Waals surface area contributed by atoms with Gasteiger partial charge in [-0.05, 0) is 49.6 Å². The van der Waals surface area contributed by atoms with E-state index in [0.717, 1.165) is 31.0 Å². The molecule has 1 atom stereocenters. The molecule has 3 heteroatoms. The number of rotatable bonds is 3. The average molecular weight is 281 g/mol. The molecule has 2 aromatic rings. The molecule has 0 bridgehead atoms. The van der Waals surface area contributed by atoms with Crippen LogP contribution in [0, 0.1) is 12.8 Å². The van der Waals surface area contributed by atoms with Gasteiger partial charge in [0, 0.05) is 24.5 Å². The largest absolute Gasteiger partial charge is 0.326 e. The third kappa shape index (κ3) is 2.79. The van der Waals surface area contributed by atoms with Crippen LogP contribution in [-0.4, -0.2) is 18.6 Å². The minimum atomic E-state index is 0.652. The van der Waals surface area contributed by atoms with E-state index >= 15 is 0 Å². The molecule has 1 aliphatic rings. The first-order chi connectivity index (χ1) is 10.2. The number of hydrogen-bond acceptors (Lipinski definition) is 3. The lowest BCUT2D eigenvalue weighted by atomic mass is 9.94. The fourth-order valence-corrected chi connectivity index (χ4v) is 3.12. The van der Waals surface area contributed by atoms with Crippen molar-refractivity contribution in [2.45, 2.75) is 26.8 Å². The van der Waals surface area contributed by atoms with Crippen molar-refractivity contribution in [3.8, 4) is 0 Å². The summed E-state index contributed by atoms with van der Waals surface area (Å²) in [7, 11) is 1.97. The summed E-state index contributed by atoms with van der Waals surface area (Å²) in [6.45, 7) is 6.31. The van der Waals surface area contributed by atoms with Crippen LogP contribution < -0.4 is 10.2 Å². The van der Waals surface area contributed by atoms with Crippen molar-refractivity contribution in [2.24, 2.45) is 5.92 Å². The van der Waals surface area contributed by atoms with E-state index in [1.807, 2.05) is 7.05 Å². The molecule has 1 aromatic carbocycles. The quantitative estimate of drug-likeness (QED) is 0.934. The first-order valence-electron chi connectivity index (χ1n) is 7.65. The molecule has 1 aliphatic heterocycles. The number of pyridine rings is 1. The highest BCUT2D eigenvalue weighted by Gasteiger charge is 2.23. The third-order valence-corrected chi connectivity index (χ3v) is 4.17. The molecule has 0 spiro atoms. The van der Waals surface area contributed by atoms with E-state index in [-0.39, 0.29) is 0 Å². The summed E-state index contributed by atoms with van der Waals surface area (Å²) in [5.41, 5.74) is 5.11. The first-order valence-corrected chi connectivity index (χ1v) is 7.65. The number of fused-ring (bicyclic) bond motifs is 1. The molecule has 0 saturated heterocycles. The van der Waals surface area contributed by atoms with Gasteiger partial charge >= 0.3 is 0 Å². The number of hydrogen-bond donors (Lipinski definition) is 1. The van der Waals surface area contributed by atoms with Crippen molar-refractivity contribution >= 4 is 11.5 Å². The summed E-state index contributed by atoms with van der Waals surface area (Å²) >= 11 is 0. The van der Waals surface area contributed by atoms with Crippen molar-refractivity contribution < 1.29 is 0 Å². The second-order valence-corrected chi connectivity index (χ2v) is 5.99. The minimum Gasteiger partial charge on any atom is -0.326 e. The lowest BCUT2D eigenvalue weighted by Gasteiger charge is -2.34. The number of nitrogens with one attached hydrogen (secondary N) is 1. The molecule has 0 radical (unpaired) electrons. The summed E-state index contributed by atoms with van der Waals surface area (Å²) < 4.78 is 0. The van der Waals surface area contributed by atoms with E-state index in [2.05, 4.69) is 60.5 Å². The predicted octanol–water partition coefficient (Wildman–Crippen LogP) is 3.44. The van der Waals surface area contributed by atoms with E-state index in [1.54, 1.807) is 0 Å². The smallest absolute Gasteiger partial charge is 0.133 e. The predicted molar refractivity (Wildman–Crippen MR) is 88.1 cm³/mol. The van der Waals surface area contributed by atoms with Gasteiger partial charge in [-0.2, -0.15) is 0 Å². The van der Waals surface area contributed by atoms with Crippen molar-refractivity contribution in [3.05, 3.63) is 53.2 Å². The van der Waals surface area contributed by atoms with Crippen LogP contribution >= 0.6 is 0 Å². The van der Waals surface area contributed by atoms with E-state index in [0.29, 0.717) is 5.92 Å². The van der Waals surface area contributed by atoms with Gasteiger partial charge < -0.3 is 10.2 Å². The molecule has 21 heavy (non-hydrogen) atoms. The second-order valence-electron chi connectivity index (χ2n) is 5.99. The summed E-state index contributed by atoms with van der Waals surface area (Å²) in [5.74, 6) is 1.71. The van der Waals surface area contributed by atoms with Gasteiger partial charge in [0.25, 0.3) is 0 Å². The fourth-order valence-electron chi connectivity index (χ4n) is 3.12. The van der Waals surface area contributed by atoms with Gasteiger partial charge in [0.05, 0.1) is 0 Å². The molecule has 3 nitrogen and oxygen atoms in total. The Bertz CT molecular complexity index is 636. The highest BCUT2D eigenvalue weighted by atomic mass is 15.2. The van der Waals surface area contributed by atoms with Gasteiger partial charge in [-0.1, -0.05) is 31.2 Å². The van der Waals surface area contributed by atoms with Crippen molar-refractivity contribution in [3.63, 3.8) is 0 Å². The van der Waals surface area contributed by atoms with Gasteiger partial charge in [0.2, 0.25) is 0 Å². The van der Waals surface area contributed by atoms with Crippen molar-refractivity contribution in [2.75, 3.05) is 18.5 Å². The molecule has 110 valence electrons. The molecule has 1 unspecified atom stereocenters. The molecule has 1 aromatic heterocycles. The highest BCUT2D eigenvalue weighted by Crippen LogP contribution is 2.34. The number of para-hydroxylation sites is 1. The van der Waals surface area contributed by atoms with Crippen LogP contribution in [0.3, 0.4) is 0 Å². The van der Waals surface area contributed by atoms with Gasteiger partial charge in [0.15, 0.2) is 0 Å². The number of benzene rings is 1. The Labute approximate surface area is 127 Å². The van der Waals surface area contributed by atoms with Crippen LogP contribution in [0.5, 0.6) is 0 Å². The van der Waals surface area contributed by atoms with E-state index in [4.69, 9.17) is 4.98 Å². The van der Waals surface area contributed by atoms with E-state index < -0.39 is 0 Å². The topological polar surface area (TPSA) is 28.2 Å². The maximum atomic E-state index is 4.83. The maximum absolute atomic E-state index is 4.83. The zero-order valence-electron chi connectivity index (χ0n) is 13.1. The van der Waals surface area contributed by atoms with Crippen LogP contribution in [-0.2, 0) is 13.0 Å². The van der Waals surface area contributed by atoms with Gasteiger partial charge in [-0.3, -0.25) is 0 Å². The molecule has 0 aliphatic carbocycles. The number of anilines is 2. The number of aromatic nitrogens is 1. The zero-order valence-corrected chi connectivity index (χ0v) is 13.1. The molecular formula is C18H23N3. The molecule has 3 rings (SSSR count). The normalized spacial score (nSPS) is 17.7. The zero-order chi connectivity index (χ0) is 14.8. The lowest BCUT2D eigenvalue weighted by Crippen LogP contribution is -2.31. The molecule has 0 saturated carbocycles. The first kappa shape index (κ1) is 14.1. The van der Waals surface area contributed by atoms with Crippen LogP contribution in [0.2, 0.25) is 0 Å². The Morgan fingerprint density at radius 1 is 1.24 bits per heavy atom. The monoisotopic (exact) mass is 281 g/mol. The molecule has 0 amide bonds. The van der Waals surface area contributed by atoms with Crippen LogP contribution in [0.15, 0.2) is 36.4 Å². The van der Waals surface area contributed by atoms with E-state index in [1.165, 1.54) is 16.8 Å². The second kappa shape index (κ2) is 5.86. The summed E-state index contributed by atoms with van der Waals surface area (Å²) in [6, 6.07) is 13.0. The van der Waals surface area contributed by atoms with Crippen LogP contribution in [0.25, 0.3) is 0 Å². The summed E-state index contributed by atoms with van der Waals surface area (Å²) in [4.78, 5) is 7.20. The third-order valence-electron chi connectivity index (χ3n) is 4.17. The molecule has 1 N–H and O–H groups in total. The Morgan fingerprint density at radius 3 is 2.81 bits per heavy atom. The maximum Gasteiger partial charge on any atom is 0.133 e.